The molecule has 0 amide bonds. The lowest BCUT2D eigenvalue weighted by Crippen LogP contribution is -2.56. The van der Waals surface area contributed by atoms with Gasteiger partial charge in [0.25, 0.3) is 0 Å². The van der Waals surface area contributed by atoms with Crippen LogP contribution in [0.2, 0.25) is 0 Å². The molecular weight excluding hydrogens is 804 g/mol. The molecule has 1 aromatic rings. The second-order valence-electron chi connectivity index (χ2n) is 17.4. The molecule has 7 rings (SSSR count). The first-order valence-electron chi connectivity index (χ1n) is 22.0. The van der Waals surface area contributed by atoms with Gasteiger partial charge < -0.3 is 87.1 Å². The Kier molecular flexibility index (Phi) is 16.2. The third-order valence-electron chi connectivity index (χ3n) is 12.7. The maximum atomic E-state index is 11.2. The SMILES string of the molecule is COc1ccc(O[C@H]2C[C@@H](O)[C@H](O[C@H]3C[C@@H](O[C@H]4CC[C@H](O[C@H]5C[C@@H](O)[C@H](O[C@H]6C[C@@H](O[C@H]7CC[C@H](O)[C@H](C)O7)[C@H](O)[C@@H](C)O6)[C@@H](C)O5)[C@H](C)O4)[C@H](O)[C@@H](C)O3)[C@@H](C)O2)cc1. The number of hydrogen-bond donors (Lipinski definition) is 5. The lowest BCUT2D eigenvalue weighted by molar-refractivity contribution is -0.340. The molecule has 0 bridgehead atoms. The summed E-state index contributed by atoms with van der Waals surface area (Å²) in [4.78, 5) is 0. The standard InChI is InChI=1S/C43H68O18/c1-20-28(44)12-14-34(50-20)58-32-18-38(52-22(3)40(32)47)61-43-25(6)55-37(17-30(43)46)57-31-13-15-35(51-21(31)2)59-33-19-39(53-23(4)41(33)48)60-42-24(5)54-36(16-29(42)45)56-27-10-8-26(49-7)9-11-27/h8-11,20-25,28-48H,12-19H2,1-7H3/t20-,21-,22+,23+,24+,25+,28-,29+,30+,31-,32+,33+,34-,35-,36-,37-,38-,39-,40+,41+,42+,43+/m0/s1. The molecule has 0 aliphatic carbocycles. The van der Waals surface area contributed by atoms with Gasteiger partial charge in [-0.1, -0.05) is 0 Å². The number of methoxy groups -OCH3 is 1. The molecule has 6 fully saturated rings. The van der Waals surface area contributed by atoms with Crippen LogP contribution in [0.25, 0.3) is 0 Å². The molecule has 6 heterocycles. The lowest BCUT2D eigenvalue weighted by atomic mass is 9.99. The minimum Gasteiger partial charge on any atom is -0.497 e. The highest BCUT2D eigenvalue weighted by Crippen LogP contribution is 2.36. The Labute approximate surface area is 357 Å². The molecule has 1 aromatic carbocycles. The summed E-state index contributed by atoms with van der Waals surface area (Å²) < 4.78 is 78.8. The van der Waals surface area contributed by atoms with Crippen molar-refractivity contribution >= 4 is 0 Å². The molecule has 348 valence electrons. The molecule has 0 unspecified atom stereocenters. The smallest absolute Gasteiger partial charge is 0.202 e. The van der Waals surface area contributed by atoms with Crippen LogP contribution >= 0.6 is 0 Å². The summed E-state index contributed by atoms with van der Waals surface area (Å²) in [6.45, 7) is 10.8. The Balaban J connectivity index is 0.844. The van der Waals surface area contributed by atoms with Crippen molar-refractivity contribution < 1.29 is 87.1 Å². The van der Waals surface area contributed by atoms with Crippen molar-refractivity contribution in [2.45, 2.75) is 228 Å². The first kappa shape index (κ1) is 47.2. The minimum absolute atomic E-state index is 0.155. The molecule has 6 aliphatic rings. The topological polar surface area (TPSA) is 221 Å². The molecule has 0 saturated carbocycles. The lowest BCUT2D eigenvalue weighted by Gasteiger charge is -2.45. The quantitative estimate of drug-likeness (QED) is 0.192. The maximum Gasteiger partial charge on any atom is 0.202 e. The van der Waals surface area contributed by atoms with E-state index in [1.165, 1.54) is 0 Å². The fourth-order valence-electron chi connectivity index (χ4n) is 9.05. The molecular formula is C43H68O18. The first-order chi connectivity index (χ1) is 29.1. The van der Waals surface area contributed by atoms with E-state index < -0.39 is 123 Å². The predicted molar refractivity (Wildman–Crippen MR) is 211 cm³/mol. The van der Waals surface area contributed by atoms with E-state index in [9.17, 15) is 25.5 Å². The number of benzene rings is 1. The van der Waals surface area contributed by atoms with Crippen LogP contribution in [0, 0.1) is 0 Å². The van der Waals surface area contributed by atoms with Gasteiger partial charge in [0.1, 0.15) is 35.9 Å². The van der Waals surface area contributed by atoms with Gasteiger partial charge in [-0.2, -0.15) is 0 Å². The van der Waals surface area contributed by atoms with Gasteiger partial charge in [0.05, 0.1) is 80.4 Å². The van der Waals surface area contributed by atoms with Crippen molar-refractivity contribution in [1.82, 2.24) is 0 Å². The highest BCUT2D eigenvalue weighted by Gasteiger charge is 2.47. The molecule has 6 aliphatic heterocycles. The number of aliphatic hydroxyl groups is 5. The normalized spacial score (nSPS) is 47.4. The van der Waals surface area contributed by atoms with Crippen LogP contribution in [0.5, 0.6) is 11.5 Å². The van der Waals surface area contributed by atoms with E-state index in [2.05, 4.69) is 0 Å². The average Bonchev–Trinajstić information content (AvgIpc) is 3.21. The zero-order valence-electron chi connectivity index (χ0n) is 36.2. The van der Waals surface area contributed by atoms with Crippen molar-refractivity contribution in [1.29, 1.82) is 0 Å². The van der Waals surface area contributed by atoms with E-state index in [4.69, 9.17) is 61.6 Å². The van der Waals surface area contributed by atoms with Gasteiger partial charge in [0, 0.05) is 38.5 Å². The number of rotatable bonds is 13. The summed E-state index contributed by atoms with van der Waals surface area (Å²) >= 11 is 0. The van der Waals surface area contributed by atoms with Gasteiger partial charge in [-0.3, -0.25) is 0 Å². The minimum atomic E-state index is -0.941. The Hall–Kier alpha value is -1.82. The highest BCUT2D eigenvalue weighted by molar-refractivity contribution is 5.31. The number of aliphatic hydroxyl groups excluding tert-OH is 5. The summed E-state index contributed by atoms with van der Waals surface area (Å²) in [7, 11) is 1.59. The molecule has 0 radical (unpaired) electrons. The van der Waals surface area contributed by atoms with Crippen molar-refractivity contribution in [2.75, 3.05) is 7.11 Å². The van der Waals surface area contributed by atoms with Gasteiger partial charge in [-0.25, -0.2) is 0 Å². The van der Waals surface area contributed by atoms with Crippen LogP contribution in [-0.4, -0.2) is 168 Å². The largest absolute Gasteiger partial charge is 0.497 e. The van der Waals surface area contributed by atoms with Gasteiger partial charge in [0.15, 0.2) is 31.5 Å². The van der Waals surface area contributed by atoms with Crippen LogP contribution in [0.1, 0.15) is 92.9 Å². The zero-order valence-corrected chi connectivity index (χ0v) is 36.2. The molecule has 22 atom stereocenters. The summed E-state index contributed by atoms with van der Waals surface area (Å²) in [6, 6.07) is 7.12. The molecule has 0 spiro atoms. The van der Waals surface area contributed by atoms with Crippen LogP contribution < -0.4 is 9.47 Å². The fraction of sp³-hybridized carbons (Fsp3) is 0.860. The number of hydrogen-bond acceptors (Lipinski definition) is 18. The number of ether oxygens (including phenoxy) is 13. The van der Waals surface area contributed by atoms with E-state index >= 15 is 0 Å². The Bertz CT molecular complexity index is 1470. The van der Waals surface area contributed by atoms with Crippen LogP contribution in [-0.2, 0) is 52.1 Å². The van der Waals surface area contributed by atoms with Crippen molar-refractivity contribution in [3.63, 3.8) is 0 Å². The van der Waals surface area contributed by atoms with Crippen molar-refractivity contribution in [3.8, 4) is 11.5 Å². The molecule has 61 heavy (non-hydrogen) atoms. The van der Waals surface area contributed by atoms with E-state index in [0.29, 0.717) is 37.2 Å². The predicted octanol–water partition coefficient (Wildman–Crippen LogP) is 2.39. The Morgan fingerprint density at radius 2 is 0.836 bits per heavy atom. The van der Waals surface area contributed by atoms with E-state index in [-0.39, 0.29) is 37.9 Å². The second kappa shape index (κ2) is 21.0. The van der Waals surface area contributed by atoms with Crippen LogP contribution in [0.15, 0.2) is 24.3 Å². The van der Waals surface area contributed by atoms with Crippen LogP contribution in [0.4, 0.5) is 0 Å². The average molecular weight is 873 g/mol. The molecule has 0 aromatic heterocycles. The summed E-state index contributed by atoms with van der Waals surface area (Å²) in [5.74, 6) is 1.29. The van der Waals surface area contributed by atoms with Gasteiger partial charge in [-0.15, -0.1) is 0 Å². The first-order valence-corrected chi connectivity index (χ1v) is 22.0. The third-order valence-corrected chi connectivity index (χ3v) is 12.7. The van der Waals surface area contributed by atoms with Gasteiger partial charge in [0.2, 0.25) is 6.29 Å². The van der Waals surface area contributed by atoms with E-state index in [0.717, 1.165) is 0 Å². The van der Waals surface area contributed by atoms with Gasteiger partial charge in [-0.05, 0) is 78.6 Å². The molecule has 6 saturated heterocycles. The van der Waals surface area contributed by atoms with Crippen LogP contribution in [0.3, 0.4) is 0 Å². The summed E-state index contributed by atoms with van der Waals surface area (Å²) in [5.41, 5.74) is 0. The van der Waals surface area contributed by atoms with E-state index in [1.54, 1.807) is 59.1 Å². The highest BCUT2D eigenvalue weighted by atomic mass is 16.8. The van der Waals surface area contributed by atoms with Gasteiger partial charge >= 0.3 is 0 Å². The fourth-order valence-corrected chi connectivity index (χ4v) is 9.05. The van der Waals surface area contributed by atoms with E-state index in [1.807, 2.05) is 13.8 Å². The Morgan fingerprint density at radius 3 is 1.34 bits per heavy atom. The molecule has 18 heteroatoms. The maximum absolute atomic E-state index is 11.2. The zero-order chi connectivity index (χ0) is 43.5. The third kappa shape index (κ3) is 11.9. The second-order valence-corrected chi connectivity index (χ2v) is 17.4. The summed E-state index contributed by atoms with van der Waals surface area (Å²) in [5, 5.41) is 54.2. The van der Waals surface area contributed by atoms with Crippen molar-refractivity contribution in [2.24, 2.45) is 0 Å². The van der Waals surface area contributed by atoms with Crippen molar-refractivity contribution in [3.05, 3.63) is 24.3 Å². The molecule has 5 N–H and O–H groups in total. The Morgan fingerprint density at radius 1 is 0.410 bits per heavy atom. The monoisotopic (exact) mass is 872 g/mol. The summed E-state index contributed by atoms with van der Waals surface area (Å²) in [6.07, 6.45) is -11.6. The molecule has 18 nitrogen and oxygen atoms in total.